The minimum absolute atomic E-state index is 0.349. The third-order valence-electron chi connectivity index (χ3n) is 3.08. The van der Waals surface area contributed by atoms with Crippen LogP contribution in [0.25, 0.3) is 11.2 Å². The van der Waals surface area contributed by atoms with Gasteiger partial charge in [0.05, 0.1) is 15.2 Å². The second kappa shape index (κ2) is 6.07. The van der Waals surface area contributed by atoms with Crippen LogP contribution in [-0.4, -0.2) is 46.2 Å². The zero-order chi connectivity index (χ0) is 15.8. The van der Waals surface area contributed by atoms with E-state index in [1.165, 1.54) is 23.9 Å². The fourth-order valence-corrected chi connectivity index (χ4v) is 2.67. The molecule has 0 amide bonds. The van der Waals surface area contributed by atoms with E-state index in [-0.39, 0.29) is 0 Å². The molecule has 0 aliphatic rings. The van der Waals surface area contributed by atoms with Gasteiger partial charge in [-0.15, -0.1) is 0 Å². The molecule has 0 unspecified atom stereocenters. The van der Waals surface area contributed by atoms with Crippen LogP contribution < -0.4 is 4.90 Å². The molecule has 116 valence electrons. The van der Waals surface area contributed by atoms with Crippen molar-refractivity contribution >= 4 is 55.2 Å². The standard InChI is InChI=1S/C12H15BrN2O4S2/c1-14(4-5-15(2)21(3,16)17)10-6-9(20)12-11(19-10)8(13)7-18-12/h6-7H,4-5H2,1-3H3. The third kappa shape index (κ3) is 3.65. The molecule has 0 bridgehead atoms. The quantitative estimate of drug-likeness (QED) is 0.726. The topological polar surface area (TPSA) is 66.9 Å². The first-order chi connectivity index (χ1) is 9.70. The van der Waals surface area contributed by atoms with Crippen molar-refractivity contribution < 1.29 is 17.3 Å². The summed E-state index contributed by atoms with van der Waals surface area (Å²) in [5, 5.41) is 0. The van der Waals surface area contributed by atoms with Crippen LogP contribution in [0.5, 0.6) is 0 Å². The van der Waals surface area contributed by atoms with Gasteiger partial charge in [0.1, 0.15) is 6.26 Å². The second-order valence-corrected chi connectivity index (χ2v) is 8.08. The molecular weight excluding hydrogens is 380 g/mol. The molecule has 0 spiro atoms. The van der Waals surface area contributed by atoms with Crippen molar-refractivity contribution in [1.29, 1.82) is 0 Å². The molecule has 21 heavy (non-hydrogen) atoms. The lowest BCUT2D eigenvalue weighted by molar-refractivity contribution is 0.472. The Labute approximate surface area is 136 Å². The number of halogens is 1. The highest BCUT2D eigenvalue weighted by Gasteiger charge is 2.15. The van der Waals surface area contributed by atoms with Gasteiger partial charge in [0.15, 0.2) is 17.1 Å². The molecule has 0 aromatic carbocycles. The van der Waals surface area contributed by atoms with Gasteiger partial charge in [-0.2, -0.15) is 0 Å². The average Bonchev–Trinajstić information content (AvgIpc) is 2.76. The number of furan rings is 1. The van der Waals surface area contributed by atoms with Crippen molar-refractivity contribution in [2.75, 3.05) is 38.3 Å². The van der Waals surface area contributed by atoms with Gasteiger partial charge in [-0.25, -0.2) is 12.7 Å². The van der Waals surface area contributed by atoms with Crippen LogP contribution in [0.1, 0.15) is 0 Å². The number of sulfonamides is 1. The first-order valence-electron chi connectivity index (χ1n) is 6.03. The van der Waals surface area contributed by atoms with E-state index in [9.17, 15) is 8.42 Å². The monoisotopic (exact) mass is 394 g/mol. The first kappa shape index (κ1) is 16.5. The van der Waals surface area contributed by atoms with E-state index in [1.807, 2.05) is 7.05 Å². The molecular formula is C12H15BrN2O4S2. The van der Waals surface area contributed by atoms with Gasteiger partial charge in [0, 0.05) is 33.3 Å². The maximum Gasteiger partial charge on any atom is 0.211 e. The molecule has 0 aliphatic carbocycles. The van der Waals surface area contributed by atoms with E-state index >= 15 is 0 Å². The lowest BCUT2D eigenvalue weighted by Crippen LogP contribution is -2.34. The molecule has 6 nitrogen and oxygen atoms in total. The van der Waals surface area contributed by atoms with E-state index < -0.39 is 10.0 Å². The average molecular weight is 395 g/mol. The van der Waals surface area contributed by atoms with Gasteiger partial charge >= 0.3 is 0 Å². The Hall–Kier alpha value is -0.900. The predicted molar refractivity (Wildman–Crippen MR) is 87.8 cm³/mol. The highest BCUT2D eigenvalue weighted by molar-refractivity contribution is 9.10. The largest absolute Gasteiger partial charge is 0.458 e. The molecule has 0 radical (unpaired) electrons. The molecule has 0 atom stereocenters. The summed E-state index contributed by atoms with van der Waals surface area (Å²) in [5.41, 5.74) is 1.06. The van der Waals surface area contributed by atoms with Gasteiger partial charge in [0.25, 0.3) is 0 Å². The maximum atomic E-state index is 11.4. The summed E-state index contributed by atoms with van der Waals surface area (Å²) in [6.45, 7) is 0.824. The van der Waals surface area contributed by atoms with Crippen molar-refractivity contribution in [3.05, 3.63) is 21.3 Å². The van der Waals surface area contributed by atoms with Gasteiger partial charge in [0.2, 0.25) is 10.0 Å². The summed E-state index contributed by atoms with van der Waals surface area (Å²) in [5.74, 6) is 0.552. The Balaban J connectivity index is 2.22. The molecule has 2 rings (SSSR count). The van der Waals surface area contributed by atoms with E-state index in [0.717, 1.165) is 0 Å². The molecule has 2 aromatic rings. The smallest absolute Gasteiger partial charge is 0.211 e. The van der Waals surface area contributed by atoms with Gasteiger partial charge in [-0.3, -0.25) is 0 Å². The lowest BCUT2D eigenvalue weighted by atomic mass is 10.4. The van der Waals surface area contributed by atoms with Crippen LogP contribution in [-0.2, 0) is 10.0 Å². The van der Waals surface area contributed by atoms with Crippen molar-refractivity contribution in [3.63, 3.8) is 0 Å². The molecule has 2 aromatic heterocycles. The van der Waals surface area contributed by atoms with Crippen LogP contribution in [0.3, 0.4) is 0 Å². The van der Waals surface area contributed by atoms with Gasteiger partial charge < -0.3 is 13.7 Å². The summed E-state index contributed by atoms with van der Waals surface area (Å²) in [6.07, 6.45) is 2.69. The Morgan fingerprint density at radius 3 is 2.57 bits per heavy atom. The van der Waals surface area contributed by atoms with Gasteiger partial charge in [-0.05, 0) is 15.9 Å². The van der Waals surface area contributed by atoms with Crippen molar-refractivity contribution in [3.8, 4) is 0 Å². The molecule has 0 N–H and O–H groups in total. The van der Waals surface area contributed by atoms with E-state index in [1.54, 1.807) is 11.0 Å². The Kier molecular flexibility index (Phi) is 4.76. The number of nitrogens with zero attached hydrogens (tertiary/aromatic N) is 2. The Morgan fingerprint density at radius 2 is 1.95 bits per heavy atom. The van der Waals surface area contributed by atoms with Crippen LogP contribution in [0.4, 0.5) is 5.88 Å². The highest BCUT2D eigenvalue weighted by Crippen LogP contribution is 2.30. The Bertz CT molecular complexity index is 812. The third-order valence-corrected chi connectivity index (χ3v) is 5.25. The summed E-state index contributed by atoms with van der Waals surface area (Å²) < 4.78 is 36.3. The zero-order valence-electron chi connectivity index (χ0n) is 11.8. The molecule has 9 heteroatoms. The zero-order valence-corrected chi connectivity index (χ0v) is 15.0. The van der Waals surface area contributed by atoms with Crippen molar-refractivity contribution in [2.24, 2.45) is 0 Å². The number of likely N-dealkylation sites (N-methyl/N-ethyl adjacent to an activating group) is 2. The molecule has 0 saturated heterocycles. The predicted octanol–water partition coefficient (Wildman–Crippen LogP) is 2.85. The number of rotatable bonds is 5. The van der Waals surface area contributed by atoms with Crippen LogP contribution in [0.15, 0.2) is 25.6 Å². The van der Waals surface area contributed by atoms with Crippen molar-refractivity contribution in [1.82, 2.24) is 4.31 Å². The van der Waals surface area contributed by atoms with Gasteiger partial charge in [-0.1, -0.05) is 12.2 Å². The summed E-state index contributed by atoms with van der Waals surface area (Å²) in [7, 11) is 0.157. The first-order valence-corrected chi connectivity index (χ1v) is 9.08. The molecule has 0 aliphatic heterocycles. The van der Waals surface area contributed by atoms with E-state index in [2.05, 4.69) is 15.9 Å². The molecule has 0 saturated carbocycles. The normalized spacial score (nSPS) is 12.2. The van der Waals surface area contributed by atoms with Crippen LogP contribution >= 0.6 is 28.1 Å². The van der Waals surface area contributed by atoms with E-state index in [4.69, 9.17) is 21.1 Å². The number of hydrogen-bond acceptors (Lipinski definition) is 6. The van der Waals surface area contributed by atoms with E-state index in [0.29, 0.717) is 39.1 Å². The minimum atomic E-state index is -3.19. The second-order valence-electron chi connectivity index (χ2n) is 4.70. The summed E-state index contributed by atoms with van der Waals surface area (Å²) in [4.78, 5) is 1.80. The van der Waals surface area contributed by atoms with Crippen LogP contribution in [0.2, 0.25) is 0 Å². The number of hydrogen-bond donors (Lipinski definition) is 0. The molecule has 0 fully saturated rings. The van der Waals surface area contributed by atoms with Crippen LogP contribution in [0, 0.1) is 4.51 Å². The summed E-state index contributed by atoms with van der Waals surface area (Å²) >= 11 is 8.59. The number of fused-ring (bicyclic) bond motifs is 1. The fourth-order valence-electron chi connectivity index (χ4n) is 1.66. The maximum absolute atomic E-state index is 11.4. The molecule has 2 heterocycles. The van der Waals surface area contributed by atoms with Crippen molar-refractivity contribution in [2.45, 2.75) is 0 Å². The SMILES string of the molecule is CN(CCN(C)S(C)(=O)=O)c1cc(=S)c2occ(Br)c2o1. The lowest BCUT2D eigenvalue weighted by Gasteiger charge is -2.21. The number of anilines is 1. The fraction of sp³-hybridized carbons (Fsp3) is 0.417. The Morgan fingerprint density at radius 1 is 1.29 bits per heavy atom. The summed E-state index contributed by atoms with van der Waals surface area (Å²) in [6, 6.07) is 1.69. The minimum Gasteiger partial charge on any atom is -0.458 e. The highest BCUT2D eigenvalue weighted by atomic mass is 79.9.